The smallest absolute Gasteiger partial charge is 0.134 e. The summed E-state index contributed by atoms with van der Waals surface area (Å²) in [7, 11) is 1.67. The van der Waals surface area contributed by atoms with Crippen LogP contribution in [0.15, 0.2) is 42.5 Å². The number of rotatable bonds is 1. The van der Waals surface area contributed by atoms with Gasteiger partial charge in [-0.25, -0.2) is 0 Å². The molecule has 3 heteroatoms. The van der Waals surface area contributed by atoms with Gasteiger partial charge >= 0.3 is 0 Å². The summed E-state index contributed by atoms with van der Waals surface area (Å²) in [6.45, 7) is 0.694. The monoisotopic (exact) mass is 268 g/mol. The Morgan fingerprint density at radius 2 is 2.00 bits per heavy atom. The maximum Gasteiger partial charge on any atom is 0.134 e. The topological polar surface area (TPSA) is 27.7 Å². The van der Waals surface area contributed by atoms with Gasteiger partial charge in [-0.1, -0.05) is 18.2 Å². The lowest BCUT2D eigenvalue weighted by Crippen LogP contribution is -2.34. The summed E-state index contributed by atoms with van der Waals surface area (Å²) in [5, 5.41) is 0. The lowest BCUT2D eigenvalue weighted by Gasteiger charge is -2.38. The minimum Gasteiger partial charge on any atom is -0.497 e. The Morgan fingerprint density at radius 3 is 2.90 bits per heavy atom. The van der Waals surface area contributed by atoms with Gasteiger partial charge in [0.05, 0.1) is 13.7 Å². The molecule has 3 nitrogen and oxygen atoms in total. The predicted molar refractivity (Wildman–Crippen MR) is 75.5 cm³/mol. The predicted octanol–water partition coefficient (Wildman–Crippen LogP) is 3.38. The van der Waals surface area contributed by atoms with Gasteiger partial charge < -0.3 is 14.2 Å². The summed E-state index contributed by atoms with van der Waals surface area (Å²) in [5.74, 6) is 3.08. The first-order valence-corrected chi connectivity index (χ1v) is 6.90. The quantitative estimate of drug-likeness (QED) is 0.793. The van der Waals surface area contributed by atoms with Crippen molar-refractivity contribution < 1.29 is 14.2 Å². The molecule has 0 spiro atoms. The van der Waals surface area contributed by atoms with E-state index in [0.717, 1.165) is 29.2 Å². The van der Waals surface area contributed by atoms with E-state index in [1.54, 1.807) is 7.11 Å². The molecule has 0 radical (unpaired) electrons. The number of para-hydroxylation sites is 1. The summed E-state index contributed by atoms with van der Waals surface area (Å²) in [6, 6.07) is 14.2. The van der Waals surface area contributed by atoms with Crippen LogP contribution >= 0.6 is 0 Å². The molecule has 0 aromatic heterocycles. The molecule has 2 atom stereocenters. The Balaban J connectivity index is 1.74. The second-order valence-corrected chi connectivity index (χ2v) is 5.33. The average molecular weight is 268 g/mol. The first-order valence-electron chi connectivity index (χ1n) is 6.90. The fourth-order valence-electron chi connectivity index (χ4n) is 3.07. The molecular formula is C17H16O3. The van der Waals surface area contributed by atoms with Crippen molar-refractivity contribution >= 4 is 0 Å². The lowest BCUT2D eigenvalue weighted by atomic mass is 9.85. The summed E-state index contributed by atoms with van der Waals surface area (Å²) < 4.78 is 17.4. The zero-order valence-corrected chi connectivity index (χ0v) is 11.3. The fourth-order valence-corrected chi connectivity index (χ4v) is 3.07. The van der Waals surface area contributed by atoms with E-state index in [1.165, 1.54) is 5.56 Å². The summed E-state index contributed by atoms with van der Waals surface area (Å²) in [5.41, 5.74) is 2.39. The number of ether oxygens (including phenoxy) is 3. The highest BCUT2D eigenvalue weighted by molar-refractivity contribution is 5.46. The van der Waals surface area contributed by atoms with Crippen LogP contribution in [0.3, 0.4) is 0 Å². The Morgan fingerprint density at radius 1 is 1.10 bits per heavy atom. The van der Waals surface area contributed by atoms with E-state index >= 15 is 0 Å². The van der Waals surface area contributed by atoms with E-state index in [1.807, 2.05) is 24.3 Å². The molecule has 2 aliphatic heterocycles. The largest absolute Gasteiger partial charge is 0.497 e. The number of fused-ring (bicyclic) bond motifs is 4. The zero-order valence-electron chi connectivity index (χ0n) is 11.3. The third-order valence-corrected chi connectivity index (χ3v) is 4.12. The van der Waals surface area contributed by atoms with E-state index in [4.69, 9.17) is 14.2 Å². The molecular weight excluding hydrogens is 252 g/mol. The SMILES string of the molecule is COc1ccc2c(c1)OC[C@@H]1Cc3ccccc3O[C@@H]21. The van der Waals surface area contributed by atoms with Crippen molar-refractivity contribution in [2.24, 2.45) is 5.92 Å². The Kier molecular flexibility index (Phi) is 2.59. The number of hydrogen-bond donors (Lipinski definition) is 0. The molecule has 4 rings (SSSR count). The van der Waals surface area contributed by atoms with Crippen molar-refractivity contribution in [1.82, 2.24) is 0 Å². The van der Waals surface area contributed by atoms with Gasteiger partial charge in [0, 0.05) is 17.5 Å². The van der Waals surface area contributed by atoms with Gasteiger partial charge in [-0.05, 0) is 30.2 Å². The van der Waals surface area contributed by atoms with Crippen LogP contribution in [0.1, 0.15) is 17.2 Å². The van der Waals surface area contributed by atoms with E-state index in [2.05, 4.69) is 18.2 Å². The highest BCUT2D eigenvalue weighted by Gasteiger charge is 2.36. The van der Waals surface area contributed by atoms with Crippen molar-refractivity contribution in [3.05, 3.63) is 53.6 Å². The molecule has 0 fully saturated rings. The van der Waals surface area contributed by atoms with Crippen LogP contribution in [0, 0.1) is 5.92 Å². The second-order valence-electron chi connectivity index (χ2n) is 5.33. The molecule has 0 amide bonds. The van der Waals surface area contributed by atoms with Gasteiger partial charge in [-0.15, -0.1) is 0 Å². The highest BCUT2D eigenvalue weighted by Crippen LogP contribution is 2.45. The number of methoxy groups -OCH3 is 1. The molecule has 2 heterocycles. The van der Waals surface area contributed by atoms with Crippen LogP contribution in [0.4, 0.5) is 0 Å². The molecule has 2 aliphatic rings. The molecule has 0 bridgehead atoms. The molecule has 0 saturated carbocycles. The molecule has 2 aromatic carbocycles. The minimum atomic E-state index is 0.0829. The van der Waals surface area contributed by atoms with E-state index < -0.39 is 0 Å². The van der Waals surface area contributed by atoms with Gasteiger partial charge in [0.25, 0.3) is 0 Å². The third-order valence-electron chi connectivity index (χ3n) is 4.12. The van der Waals surface area contributed by atoms with E-state index in [-0.39, 0.29) is 6.10 Å². The normalized spacial score (nSPS) is 22.6. The summed E-state index contributed by atoms with van der Waals surface area (Å²) in [6.07, 6.45) is 1.09. The maximum absolute atomic E-state index is 6.22. The van der Waals surface area contributed by atoms with Crippen LogP contribution < -0.4 is 14.2 Å². The van der Waals surface area contributed by atoms with E-state index in [0.29, 0.717) is 12.5 Å². The lowest BCUT2D eigenvalue weighted by molar-refractivity contribution is 0.0542. The van der Waals surface area contributed by atoms with Crippen molar-refractivity contribution in [2.75, 3.05) is 13.7 Å². The van der Waals surface area contributed by atoms with Crippen LogP contribution in [-0.2, 0) is 6.42 Å². The van der Waals surface area contributed by atoms with Crippen LogP contribution in [0.5, 0.6) is 17.2 Å². The second kappa shape index (κ2) is 4.44. The van der Waals surface area contributed by atoms with Gasteiger partial charge in [-0.3, -0.25) is 0 Å². The van der Waals surface area contributed by atoms with Crippen LogP contribution in [0.25, 0.3) is 0 Å². The van der Waals surface area contributed by atoms with Crippen molar-refractivity contribution in [1.29, 1.82) is 0 Å². The Labute approximate surface area is 118 Å². The summed E-state index contributed by atoms with van der Waals surface area (Å²) in [4.78, 5) is 0. The van der Waals surface area contributed by atoms with Crippen molar-refractivity contribution in [2.45, 2.75) is 12.5 Å². The first-order chi connectivity index (χ1) is 9.85. The molecule has 2 aromatic rings. The molecule has 0 unspecified atom stereocenters. The van der Waals surface area contributed by atoms with Gasteiger partial charge in [0.2, 0.25) is 0 Å². The molecule has 102 valence electrons. The molecule has 20 heavy (non-hydrogen) atoms. The van der Waals surface area contributed by atoms with Gasteiger partial charge in [-0.2, -0.15) is 0 Å². The van der Waals surface area contributed by atoms with Gasteiger partial charge in [0.1, 0.15) is 23.4 Å². The molecule has 0 aliphatic carbocycles. The third kappa shape index (κ3) is 1.73. The first kappa shape index (κ1) is 11.6. The zero-order chi connectivity index (χ0) is 13.5. The molecule has 0 N–H and O–H groups in total. The Bertz CT molecular complexity index is 650. The maximum atomic E-state index is 6.22. The van der Waals surface area contributed by atoms with E-state index in [9.17, 15) is 0 Å². The number of benzene rings is 2. The van der Waals surface area contributed by atoms with Crippen molar-refractivity contribution in [3.63, 3.8) is 0 Å². The standard InChI is InChI=1S/C17H16O3/c1-18-13-6-7-14-16(9-13)19-10-12-8-11-4-2-3-5-15(11)20-17(12)14/h2-7,9,12,17H,8,10H2,1H3/t12-,17+/m0/s1. The van der Waals surface area contributed by atoms with Crippen molar-refractivity contribution in [3.8, 4) is 17.2 Å². The minimum absolute atomic E-state index is 0.0829. The summed E-state index contributed by atoms with van der Waals surface area (Å²) >= 11 is 0. The van der Waals surface area contributed by atoms with Crippen LogP contribution in [-0.4, -0.2) is 13.7 Å². The number of hydrogen-bond acceptors (Lipinski definition) is 3. The highest BCUT2D eigenvalue weighted by atomic mass is 16.5. The average Bonchev–Trinajstić information content (AvgIpc) is 2.52. The fraction of sp³-hybridized carbons (Fsp3) is 0.294. The molecule has 0 saturated heterocycles. The van der Waals surface area contributed by atoms with Crippen LogP contribution in [0.2, 0.25) is 0 Å². The Hall–Kier alpha value is -2.16. The van der Waals surface area contributed by atoms with Gasteiger partial charge in [0.15, 0.2) is 0 Å².